The number of ether oxygens (including phenoxy) is 1. The lowest BCUT2D eigenvalue weighted by Crippen LogP contribution is -2.44. The number of nitrogens with one attached hydrogen (secondary N) is 1. The Labute approximate surface area is 189 Å². The molecule has 4 nitrogen and oxygen atoms in total. The number of halogens is 2. The van der Waals surface area contributed by atoms with Crippen LogP contribution < -0.4 is 10.1 Å². The molecule has 1 aromatic rings. The van der Waals surface area contributed by atoms with Gasteiger partial charge in [0.1, 0.15) is 11.9 Å². The highest BCUT2D eigenvalue weighted by Gasteiger charge is 2.26. The van der Waals surface area contributed by atoms with Crippen molar-refractivity contribution in [3.05, 3.63) is 58.6 Å². The number of carbonyl (C=O) groups is 1. The summed E-state index contributed by atoms with van der Waals surface area (Å²) in [5.74, 6) is 1.17. The lowest BCUT2D eigenvalue weighted by Gasteiger charge is -2.34. The van der Waals surface area contributed by atoms with Crippen molar-refractivity contribution < 1.29 is 9.53 Å². The van der Waals surface area contributed by atoms with Crippen LogP contribution in [0.5, 0.6) is 5.75 Å². The lowest BCUT2D eigenvalue weighted by molar-refractivity contribution is -0.136. The van der Waals surface area contributed by atoms with E-state index in [2.05, 4.69) is 12.2 Å². The molecule has 1 heterocycles. The summed E-state index contributed by atoms with van der Waals surface area (Å²) in [6.45, 7) is 5.75. The quantitative estimate of drug-likeness (QED) is 0.548. The summed E-state index contributed by atoms with van der Waals surface area (Å²) in [6, 6.07) is 8.22. The minimum atomic E-state index is -0.299. The van der Waals surface area contributed by atoms with E-state index in [9.17, 15) is 4.79 Å². The third kappa shape index (κ3) is 6.29. The van der Waals surface area contributed by atoms with Gasteiger partial charge in [0.2, 0.25) is 5.91 Å². The Morgan fingerprint density at radius 3 is 2.70 bits per heavy atom. The van der Waals surface area contributed by atoms with E-state index >= 15 is 0 Å². The third-order valence-electron chi connectivity index (χ3n) is 5.50. The Kier molecular flexibility index (Phi) is 8.29. The van der Waals surface area contributed by atoms with Crippen LogP contribution in [0, 0.1) is 5.92 Å². The van der Waals surface area contributed by atoms with E-state index in [1.165, 1.54) is 0 Å². The average Bonchev–Trinajstić information content (AvgIpc) is 2.89. The summed E-state index contributed by atoms with van der Waals surface area (Å²) < 4.78 is 6.18. The maximum Gasteiger partial charge on any atom is 0.225 e. The Bertz CT molecular complexity index is 826. The number of hydrogen-bond acceptors (Lipinski definition) is 3. The Hall–Kier alpha value is -1.91. The number of nitrogens with zero attached hydrogens (tertiary/aromatic N) is 1. The molecule has 1 aliphatic heterocycles. The summed E-state index contributed by atoms with van der Waals surface area (Å²) in [7, 11) is 0. The van der Waals surface area contributed by atoms with E-state index in [0.717, 1.165) is 50.2 Å². The third-order valence-corrected chi connectivity index (χ3v) is 5.97. The van der Waals surface area contributed by atoms with Crippen LogP contribution in [0.25, 0.3) is 0 Å². The Morgan fingerprint density at radius 2 is 1.97 bits per heavy atom. The molecule has 1 aromatic carbocycles. The highest BCUT2D eigenvalue weighted by molar-refractivity contribution is 6.35. The molecule has 1 aliphatic carbocycles. The number of hydrogen-bond donors (Lipinski definition) is 1. The molecule has 0 bridgehead atoms. The van der Waals surface area contributed by atoms with E-state index in [1.807, 2.05) is 48.2 Å². The fourth-order valence-electron chi connectivity index (χ4n) is 3.87. The number of amides is 1. The number of likely N-dealkylation sites (tertiary alicyclic amines) is 1. The molecule has 1 amide bonds. The highest BCUT2D eigenvalue weighted by Crippen LogP contribution is 2.29. The average molecular weight is 449 g/mol. The van der Waals surface area contributed by atoms with Crippen molar-refractivity contribution in [2.45, 2.75) is 51.7 Å². The van der Waals surface area contributed by atoms with Crippen molar-refractivity contribution in [3.63, 3.8) is 0 Å². The van der Waals surface area contributed by atoms with Gasteiger partial charge in [-0.2, -0.15) is 0 Å². The molecule has 3 rings (SSSR count). The Morgan fingerprint density at radius 1 is 1.23 bits per heavy atom. The maximum absolute atomic E-state index is 12.6. The molecule has 1 N–H and O–H groups in total. The molecule has 2 aliphatic rings. The van der Waals surface area contributed by atoms with E-state index in [-0.39, 0.29) is 17.9 Å². The molecular formula is C24H30Cl2N2O2. The smallest absolute Gasteiger partial charge is 0.225 e. The molecule has 0 saturated carbocycles. The molecule has 6 heteroatoms. The number of piperidine rings is 1. The van der Waals surface area contributed by atoms with Gasteiger partial charge in [-0.1, -0.05) is 55.6 Å². The molecule has 0 radical (unpaired) electrons. The first-order valence-electron chi connectivity index (χ1n) is 10.7. The minimum Gasteiger partial charge on any atom is -0.480 e. The summed E-state index contributed by atoms with van der Waals surface area (Å²) in [4.78, 5) is 14.6. The SMILES string of the molecule is CCCC(C)C(=O)N1CCC(Nc2ccccc2OC2C=CC(Cl)=CC(Cl)=C2)CC1. The van der Waals surface area contributed by atoms with Gasteiger partial charge in [0, 0.05) is 35.1 Å². The van der Waals surface area contributed by atoms with Gasteiger partial charge in [0.25, 0.3) is 0 Å². The molecule has 1 saturated heterocycles. The van der Waals surface area contributed by atoms with Gasteiger partial charge in [-0.15, -0.1) is 0 Å². The van der Waals surface area contributed by atoms with Crippen molar-refractivity contribution in [2.75, 3.05) is 18.4 Å². The van der Waals surface area contributed by atoms with Gasteiger partial charge in [-0.05, 0) is 55.7 Å². The lowest BCUT2D eigenvalue weighted by atomic mass is 10.00. The monoisotopic (exact) mass is 448 g/mol. The van der Waals surface area contributed by atoms with E-state index in [1.54, 1.807) is 12.2 Å². The second kappa shape index (κ2) is 10.9. The largest absolute Gasteiger partial charge is 0.480 e. The van der Waals surface area contributed by atoms with Crippen LogP contribution in [0.15, 0.2) is 58.6 Å². The minimum absolute atomic E-state index is 0.115. The van der Waals surface area contributed by atoms with Crippen molar-refractivity contribution in [3.8, 4) is 5.75 Å². The van der Waals surface area contributed by atoms with E-state index < -0.39 is 0 Å². The number of carbonyl (C=O) groups excluding carboxylic acids is 1. The summed E-state index contributed by atoms with van der Waals surface area (Å²) in [5.41, 5.74) is 0.947. The van der Waals surface area contributed by atoms with Crippen LogP contribution in [0.2, 0.25) is 0 Å². The van der Waals surface area contributed by atoms with Gasteiger partial charge < -0.3 is 15.0 Å². The first-order valence-corrected chi connectivity index (χ1v) is 11.5. The van der Waals surface area contributed by atoms with Gasteiger partial charge in [0.15, 0.2) is 0 Å². The van der Waals surface area contributed by atoms with E-state index in [4.69, 9.17) is 27.9 Å². The second-order valence-electron chi connectivity index (χ2n) is 7.95. The number of allylic oxidation sites excluding steroid dienone is 4. The molecule has 30 heavy (non-hydrogen) atoms. The van der Waals surface area contributed by atoms with Crippen molar-refractivity contribution in [1.29, 1.82) is 0 Å². The van der Waals surface area contributed by atoms with Gasteiger partial charge >= 0.3 is 0 Å². The number of para-hydroxylation sites is 2. The van der Waals surface area contributed by atoms with Crippen molar-refractivity contribution >= 4 is 34.8 Å². The fraction of sp³-hybridized carbons (Fsp3) is 0.458. The fourth-order valence-corrected chi connectivity index (χ4v) is 4.36. The zero-order valence-corrected chi connectivity index (χ0v) is 19.1. The van der Waals surface area contributed by atoms with Gasteiger partial charge in [-0.3, -0.25) is 4.79 Å². The van der Waals surface area contributed by atoms with Crippen LogP contribution in [0.1, 0.15) is 39.5 Å². The highest BCUT2D eigenvalue weighted by atomic mass is 35.5. The molecule has 0 aromatic heterocycles. The zero-order chi connectivity index (χ0) is 21.5. The number of rotatable bonds is 7. The number of benzene rings is 1. The molecule has 1 fully saturated rings. The predicted octanol–water partition coefficient (Wildman–Crippen LogP) is 6.09. The van der Waals surface area contributed by atoms with Gasteiger partial charge in [0.05, 0.1) is 5.69 Å². The van der Waals surface area contributed by atoms with E-state index in [0.29, 0.717) is 16.1 Å². The zero-order valence-electron chi connectivity index (χ0n) is 17.6. The molecule has 2 atom stereocenters. The first kappa shape index (κ1) is 22.8. The standard InChI is InChI=1S/C24H30Cl2N2O2/c1-3-6-17(2)24(29)28-13-11-20(12-14-28)27-22-7-4-5-8-23(22)30-21-10-9-18(25)15-19(26)16-21/h4-5,7-10,15-17,20-21,27H,3,6,11-14H2,1-2H3. The molecular weight excluding hydrogens is 419 g/mol. The van der Waals surface area contributed by atoms with Crippen LogP contribution >= 0.6 is 23.2 Å². The van der Waals surface area contributed by atoms with Crippen LogP contribution in [-0.4, -0.2) is 36.0 Å². The van der Waals surface area contributed by atoms with Crippen molar-refractivity contribution in [1.82, 2.24) is 4.90 Å². The van der Waals surface area contributed by atoms with Gasteiger partial charge in [-0.25, -0.2) is 0 Å². The molecule has 162 valence electrons. The molecule has 0 spiro atoms. The van der Waals surface area contributed by atoms with Crippen LogP contribution in [-0.2, 0) is 4.79 Å². The Balaban J connectivity index is 1.59. The first-order chi connectivity index (χ1) is 14.5. The second-order valence-corrected chi connectivity index (χ2v) is 8.83. The summed E-state index contributed by atoms with van der Waals surface area (Å²) in [6.07, 6.45) is 10.7. The number of anilines is 1. The van der Waals surface area contributed by atoms with Crippen LogP contribution in [0.4, 0.5) is 5.69 Å². The topological polar surface area (TPSA) is 41.6 Å². The van der Waals surface area contributed by atoms with Crippen molar-refractivity contribution in [2.24, 2.45) is 5.92 Å². The predicted molar refractivity (Wildman–Crippen MR) is 125 cm³/mol. The normalized spacial score (nSPS) is 20.8. The molecule has 2 unspecified atom stereocenters. The summed E-state index contributed by atoms with van der Waals surface area (Å²) >= 11 is 12.3. The summed E-state index contributed by atoms with van der Waals surface area (Å²) in [5, 5.41) is 4.73. The maximum atomic E-state index is 12.6. The van der Waals surface area contributed by atoms with Crippen LogP contribution in [0.3, 0.4) is 0 Å².